The highest BCUT2D eigenvalue weighted by Crippen LogP contribution is 2.27. The lowest BCUT2D eigenvalue weighted by molar-refractivity contribution is 0.0797. The summed E-state index contributed by atoms with van der Waals surface area (Å²) < 4.78 is 15.6. The first-order valence-electron chi connectivity index (χ1n) is 4.80. The third kappa shape index (κ3) is 3.46. The Morgan fingerprint density at radius 3 is 2.93 bits per heavy atom. The molecule has 1 fully saturated rings. The highest BCUT2D eigenvalue weighted by atomic mass is 32.2. The van der Waals surface area contributed by atoms with Crippen molar-refractivity contribution in [1.29, 1.82) is 0 Å². The quantitative estimate of drug-likeness (QED) is 0.481. The number of thioether (sulfide) groups is 1. The predicted molar refractivity (Wildman–Crippen MR) is 59.0 cm³/mol. The molecule has 1 heterocycles. The van der Waals surface area contributed by atoms with E-state index in [2.05, 4.69) is 0 Å². The topological polar surface area (TPSA) is 27.7 Å². The molecule has 0 N–H and O–H groups in total. The minimum atomic E-state index is -0.188. The van der Waals surface area contributed by atoms with Gasteiger partial charge in [0.05, 0.1) is 18.0 Å². The maximum atomic E-state index is 5.81. The van der Waals surface area contributed by atoms with Crippen LogP contribution >= 0.6 is 11.8 Å². The van der Waals surface area contributed by atoms with Crippen LogP contribution in [0.15, 0.2) is 0 Å². The second-order valence-electron chi connectivity index (χ2n) is 3.25. The van der Waals surface area contributed by atoms with E-state index >= 15 is 0 Å². The van der Waals surface area contributed by atoms with Gasteiger partial charge in [0.1, 0.15) is 7.85 Å². The third-order valence-electron chi connectivity index (χ3n) is 2.25. The molecule has 1 aliphatic heterocycles. The van der Waals surface area contributed by atoms with Crippen molar-refractivity contribution in [3.8, 4) is 0 Å². The average Bonchev–Trinajstić information content (AvgIpc) is 2.55. The molecular formula is C9H17BO3S. The van der Waals surface area contributed by atoms with Crippen LogP contribution < -0.4 is 0 Å². The van der Waals surface area contributed by atoms with Gasteiger partial charge in [-0.05, 0) is 12.2 Å². The standard InChI is InChI=1S/C9H17BO3S/c1-11-4-3-5-14-8-7(12-2)6-13-9(8)10/h7-9H,3-6H2,1-2H3/t7-,8?,9+/m0/s1. The van der Waals surface area contributed by atoms with Crippen LogP contribution in [0.25, 0.3) is 0 Å². The summed E-state index contributed by atoms with van der Waals surface area (Å²) in [5.41, 5.74) is 0. The van der Waals surface area contributed by atoms with Crippen LogP contribution in [0.1, 0.15) is 6.42 Å². The zero-order chi connectivity index (χ0) is 10.4. The molecule has 0 amide bonds. The summed E-state index contributed by atoms with van der Waals surface area (Å²) >= 11 is 1.81. The fraction of sp³-hybridized carbons (Fsp3) is 1.00. The maximum Gasteiger partial charge on any atom is 0.110 e. The van der Waals surface area contributed by atoms with Crippen LogP contribution in [0.4, 0.5) is 0 Å². The first-order chi connectivity index (χ1) is 6.79. The molecule has 14 heavy (non-hydrogen) atoms. The Morgan fingerprint density at radius 1 is 1.50 bits per heavy atom. The van der Waals surface area contributed by atoms with Crippen molar-refractivity contribution in [3.63, 3.8) is 0 Å². The Morgan fingerprint density at radius 2 is 2.29 bits per heavy atom. The molecule has 1 unspecified atom stereocenters. The lowest BCUT2D eigenvalue weighted by Crippen LogP contribution is -2.29. The molecule has 1 saturated heterocycles. The van der Waals surface area contributed by atoms with Gasteiger partial charge in [-0.25, -0.2) is 0 Å². The van der Waals surface area contributed by atoms with Gasteiger partial charge in [-0.3, -0.25) is 0 Å². The van der Waals surface area contributed by atoms with Gasteiger partial charge in [0, 0.05) is 26.8 Å². The van der Waals surface area contributed by atoms with Crippen molar-refractivity contribution < 1.29 is 14.2 Å². The first-order valence-corrected chi connectivity index (χ1v) is 5.85. The molecule has 0 aromatic carbocycles. The molecule has 2 radical (unpaired) electrons. The minimum Gasteiger partial charge on any atom is -0.385 e. The molecule has 1 rings (SSSR count). The minimum absolute atomic E-state index is 0.137. The highest BCUT2D eigenvalue weighted by molar-refractivity contribution is 8.00. The van der Waals surface area contributed by atoms with E-state index in [9.17, 15) is 0 Å². The monoisotopic (exact) mass is 216 g/mol. The van der Waals surface area contributed by atoms with E-state index in [1.807, 2.05) is 11.8 Å². The predicted octanol–water partition coefficient (Wildman–Crippen LogP) is 0.664. The van der Waals surface area contributed by atoms with Crippen molar-refractivity contribution in [3.05, 3.63) is 0 Å². The third-order valence-corrected chi connectivity index (χ3v) is 3.73. The molecule has 5 heteroatoms. The molecule has 0 aliphatic carbocycles. The Hall–Kier alpha value is 0.295. The molecule has 0 saturated carbocycles. The molecule has 0 aromatic heterocycles. The van der Waals surface area contributed by atoms with Gasteiger partial charge < -0.3 is 14.2 Å². The molecule has 0 aromatic rings. The van der Waals surface area contributed by atoms with Crippen LogP contribution in [0.5, 0.6) is 0 Å². The molecule has 3 atom stereocenters. The molecule has 1 aliphatic rings. The first kappa shape index (κ1) is 12.4. The number of hydrogen-bond donors (Lipinski definition) is 0. The van der Waals surface area contributed by atoms with Crippen molar-refractivity contribution in [1.82, 2.24) is 0 Å². The van der Waals surface area contributed by atoms with Gasteiger partial charge in [0.25, 0.3) is 0 Å². The van der Waals surface area contributed by atoms with E-state index in [0.717, 1.165) is 18.8 Å². The summed E-state index contributed by atoms with van der Waals surface area (Å²) in [7, 11) is 9.22. The van der Waals surface area contributed by atoms with E-state index in [4.69, 9.17) is 22.1 Å². The van der Waals surface area contributed by atoms with Crippen LogP contribution in [0.3, 0.4) is 0 Å². The lowest BCUT2D eigenvalue weighted by atomic mass is 9.96. The fourth-order valence-corrected chi connectivity index (χ4v) is 2.66. The normalized spacial score (nSPS) is 32.3. The van der Waals surface area contributed by atoms with Gasteiger partial charge in [0.15, 0.2) is 0 Å². The Labute approximate surface area is 91.3 Å². The average molecular weight is 216 g/mol. The van der Waals surface area contributed by atoms with Crippen molar-refractivity contribution >= 4 is 19.6 Å². The van der Waals surface area contributed by atoms with Crippen LogP contribution in [-0.2, 0) is 14.2 Å². The largest absolute Gasteiger partial charge is 0.385 e. The Kier molecular flexibility index (Phi) is 5.93. The van der Waals surface area contributed by atoms with E-state index in [1.54, 1.807) is 14.2 Å². The zero-order valence-corrected chi connectivity index (χ0v) is 9.59. The summed E-state index contributed by atoms with van der Waals surface area (Å²) in [5, 5.41) is 0.261. The van der Waals surface area contributed by atoms with Crippen molar-refractivity contribution in [2.24, 2.45) is 0 Å². The van der Waals surface area contributed by atoms with Gasteiger partial charge in [0.2, 0.25) is 0 Å². The summed E-state index contributed by atoms with van der Waals surface area (Å²) in [6.45, 7) is 1.41. The number of hydrogen-bond acceptors (Lipinski definition) is 4. The number of rotatable bonds is 6. The summed E-state index contributed by atoms with van der Waals surface area (Å²) in [4.78, 5) is 0. The molecule has 0 bridgehead atoms. The van der Waals surface area contributed by atoms with E-state index in [-0.39, 0.29) is 17.4 Å². The lowest BCUT2D eigenvalue weighted by Gasteiger charge is -2.19. The second kappa shape index (κ2) is 6.72. The van der Waals surface area contributed by atoms with E-state index in [0.29, 0.717) is 6.61 Å². The van der Waals surface area contributed by atoms with Gasteiger partial charge in [-0.15, -0.1) is 0 Å². The van der Waals surface area contributed by atoms with Crippen LogP contribution in [0, 0.1) is 0 Å². The van der Waals surface area contributed by atoms with E-state index in [1.165, 1.54) is 0 Å². The highest BCUT2D eigenvalue weighted by Gasteiger charge is 2.34. The molecular weight excluding hydrogens is 199 g/mol. The van der Waals surface area contributed by atoms with Gasteiger partial charge in [-0.1, -0.05) is 0 Å². The number of methoxy groups -OCH3 is 2. The molecule has 3 nitrogen and oxygen atoms in total. The van der Waals surface area contributed by atoms with Gasteiger partial charge in [-0.2, -0.15) is 11.8 Å². The second-order valence-corrected chi connectivity index (χ2v) is 4.54. The molecule has 0 spiro atoms. The van der Waals surface area contributed by atoms with Crippen molar-refractivity contribution in [2.75, 3.05) is 33.2 Å². The smallest absolute Gasteiger partial charge is 0.110 e. The Balaban J connectivity index is 2.19. The summed E-state index contributed by atoms with van der Waals surface area (Å²) in [6.07, 6.45) is 1.18. The van der Waals surface area contributed by atoms with Crippen LogP contribution in [0.2, 0.25) is 0 Å². The fourth-order valence-electron chi connectivity index (χ4n) is 1.43. The Bertz CT molecular complexity index is 159. The van der Waals surface area contributed by atoms with Gasteiger partial charge >= 0.3 is 0 Å². The number of ether oxygens (including phenoxy) is 3. The van der Waals surface area contributed by atoms with Crippen molar-refractivity contribution in [2.45, 2.75) is 23.8 Å². The molecule has 80 valence electrons. The summed E-state index contributed by atoms with van der Waals surface area (Å²) in [5.74, 6) is 1.04. The maximum absolute atomic E-state index is 5.81. The van der Waals surface area contributed by atoms with Crippen LogP contribution in [-0.4, -0.2) is 58.4 Å². The SMILES string of the molecule is [B][C@@H]1OC[C@H](OC)C1SCCCOC. The van der Waals surface area contributed by atoms with E-state index < -0.39 is 0 Å². The zero-order valence-electron chi connectivity index (χ0n) is 8.77. The summed E-state index contributed by atoms with van der Waals surface area (Å²) in [6, 6.07) is -0.188.